The van der Waals surface area contributed by atoms with Gasteiger partial charge in [-0.1, -0.05) is 12.1 Å². The van der Waals surface area contributed by atoms with Crippen molar-refractivity contribution < 1.29 is 23.5 Å². The molecule has 0 fully saturated rings. The molecular formula is C33H46N8O3+2. The lowest BCUT2D eigenvalue weighted by atomic mass is 10.0. The van der Waals surface area contributed by atoms with Gasteiger partial charge in [0.2, 0.25) is 12.4 Å². The van der Waals surface area contributed by atoms with Gasteiger partial charge in [-0.3, -0.25) is 4.68 Å². The van der Waals surface area contributed by atoms with Crippen LogP contribution in [-0.4, -0.2) is 95.6 Å². The Labute approximate surface area is 260 Å². The number of aryl methyl sites for hydroxylation is 5. The number of benzene rings is 2. The molecule has 11 nitrogen and oxygen atoms in total. The molecule has 2 aliphatic rings. The van der Waals surface area contributed by atoms with Gasteiger partial charge in [-0.15, -0.1) is 9.78 Å². The van der Waals surface area contributed by atoms with E-state index in [2.05, 4.69) is 102 Å². The molecule has 2 aromatic carbocycles. The maximum absolute atomic E-state index is 5.73. The Balaban J connectivity index is 1.18. The van der Waals surface area contributed by atoms with Crippen LogP contribution in [0.25, 0.3) is 11.3 Å². The fourth-order valence-electron chi connectivity index (χ4n) is 5.90. The van der Waals surface area contributed by atoms with Gasteiger partial charge >= 0.3 is 0 Å². The Kier molecular flexibility index (Phi) is 10.6. The number of anilines is 1. The first-order chi connectivity index (χ1) is 21.3. The molecule has 44 heavy (non-hydrogen) atoms. The maximum Gasteiger partial charge on any atom is 0.244 e. The summed E-state index contributed by atoms with van der Waals surface area (Å²) < 4.78 is 22.7. The third-order valence-corrected chi connectivity index (χ3v) is 7.82. The van der Waals surface area contributed by atoms with E-state index in [9.17, 15) is 0 Å². The fourth-order valence-corrected chi connectivity index (χ4v) is 5.90. The second-order valence-electron chi connectivity index (χ2n) is 11.6. The van der Waals surface area contributed by atoms with Crippen molar-refractivity contribution in [1.82, 2.24) is 15.0 Å². The number of rotatable bonds is 15. The van der Waals surface area contributed by atoms with Crippen LogP contribution in [0.1, 0.15) is 42.0 Å². The van der Waals surface area contributed by atoms with Crippen LogP contribution in [0.15, 0.2) is 40.8 Å². The average molecular weight is 603 g/mol. The predicted octanol–water partition coefficient (Wildman–Crippen LogP) is 5.22. The minimum Gasteiger partial charge on any atom is -0.379 e. The second kappa shape index (κ2) is 14.8. The lowest BCUT2D eigenvalue weighted by Gasteiger charge is -2.13. The Morgan fingerprint density at radius 1 is 0.864 bits per heavy atom. The molecular weight excluding hydrogens is 556 g/mol. The molecule has 0 bridgehead atoms. The summed E-state index contributed by atoms with van der Waals surface area (Å²) in [7, 11) is 1.89. The van der Waals surface area contributed by atoms with Crippen molar-refractivity contribution in [3.8, 4) is 11.3 Å². The van der Waals surface area contributed by atoms with Crippen molar-refractivity contribution in [2.24, 2.45) is 17.4 Å². The van der Waals surface area contributed by atoms with E-state index in [1.165, 1.54) is 33.6 Å². The zero-order chi connectivity index (χ0) is 31.1. The zero-order valence-corrected chi connectivity index (χ0v) is 27.0. The van der Waals surface area contributed by atoms with Gasteiger partial charge in [0, 0.05) is 41.9 Å². The molecule has 0 N–H and O–H groups in total. The molecule has 3 aromatic rings. The molecule has 1 unspecified atom stereocenters. The summed E-state index contributed by atoms with van der Waals surface area (Å²) in [6.45, 7) is 16.4. The lowest BCUT2D eigenvalue weighted by Crippen LogP contribution is -2.20. The van der Waals surface area contributed by atoms with Crippen LogP contribution >= 0.6 is 0 Å². The number of nitrogens with zero attached hydrogens (tertiary/aromatic N) is 8. The minimum absolute atomic E-state index is 0.00549. The molecule has 0 spiro atoms. The van der Waals surface area contributed by atoms with Gasteiger partial charge in [0.1, 0.15) is 41.6 Å². The number of aromatic nitrogens is 3. The van der Waals surface area contributed by atoms with E-state index in [0.717, 1.165) is 49.5 Å². The molecule has 11 heteroatoms. The Morgan fingerprint density at radius 2 is 1.52 bits per heavy atom. The van der Waals surface area contributed by atoms with Gasteiger partial charge in [0.15, 0.2) is 5.69 Å². The van der Waals surface area contributed by atoms with E-state index in [0.29, 0.717) is 33.0 Å². The Bertz CT molecular complexity index is 1500. The van der Waals surface area contributed by atoms with Crippen molar-refractivity contribution in [2.75, 3.05) is 57.6 Å². The second-order valence-corrected chi connectivity index (χ2v) is 11.6. The number of hydrogen-bond acceptors (Lipinski definition) is 8. The molecule has 3 heterocycles. The number of hydrogen-bond donors (Lipinski definition) is 0. The third-order valence-electron chi connectivity index (χ3n) is 7.82. The Hall–Kier alpha value is -3.80. The molecule has 0 saturated carbocycles. The van der Waals surface area contributed by atoms with Gasteiger partial charge in [0.05, 0.1) is 39.2 Å². The summed E-state index contributed by atoms with van der Waals surface area (Å²) in [5, 5.41) is 17.3. The zero-order valence-electron chi connectivity index (χ0n) is 27.0. The van der Waals surface area contributed by atoms with E-state index >= 15 is 0 Å². The van der Waals surface area contributed by atoms with Crippen LogP contribution in [0.2, 0.25) is 0 Å². The molecule has 2 aliphatic heterocycles. The molecule has 0 saturated heterocycles. The summed E-state index contributed by atoms with van der Waals surface area (Å²) in [5.41, 5.74) is 10.4. The quantitative estimate of drug-likeness (QED) is 0.175. The first-order valence-corrected chi connectivity index (χ1v) is 15.6. The standard InChI is InChI=1S/C33H46N8O3/c1-7-11-42-13-15-44-16-14-43-12-8-29-21-41(37-34-29)30-19-26(4)33(27(5)20-30)40-10-9-39(23-40)32-24(2)17-28(18-25(32)3)31-22-38(6)36-35-31/h17-23,29H,7-16H2,1-6H3/q+2. The first kappa shape index (κ1) is 31.6. The smallest absolute Gasteiger partial charge is 0.244 e. The summed E-state index contributed by atoms with van der Waals surface area (Å²) in [6.07, 6.45) is 8.08. The van der Waals surface area contributed by atoms with Crippen LogP contribution < -0.4 is 4.90 Å². The van der Waals surface area contributed by atoms with Gasteiger partial charge in [-0.25, -0.2) is 9.48 Å². The van der Waals surface area contributed by atoms with Crippen molar-refractivity contribution in [2.45, 2.75) is 53.5 Å². The highest BCUT2D eigenvalue weighted by atomic mass is 16.5. The molecule has 0 aliphatic carbocycles. The van der Waals surface area contributed by atoms with Gasteiger partial charge in [-0.05, 0) is 69.5 Å². The monoisotopic (exact) mass is 602 g/mol. The first-order valence-electron chi connectivity index (χ1n) is 15.6. The van der Waals surface area contributed by atoms with Crippen LogP contribution in [0.4, 0.5) is 17.1 Å². The van der Waals surface area contributed by atoms with E-state index < -0.39 is 0 Å². The molecule has 234 valence electrons. The largest absolute Gasteiger partial charge is 0.379 e. The van der Waals surface area contributed by atoms with Gasteiger partial charge < -0.3 is 14.2 Å². The van der Waals surface area contributed by atoms with Crippen molar-refractivity contribution >= 4 is 29.6 Å². The third kappa shape index (κ3) is 7.64. The lowest BCUT2D eigenvalue weighted by molar-refractivity contribution is -0.444. The topological polar surface area (TPSA) is 92.4 Å². The fraction of sp³-hybridized carbons (Fsp3) is 0.515. The van der Waals surface area contributed by atoms with E-state index in [1.54, 1.807) is 4.68 Å². The molecule has 1 aromatic heterocycles. The van der Waals surface area contributed by atoms with Gasteiger partial charge in [-0.2, -0.15) is 0 Å². The molecule has 5 rings (SSSR count). The van der Waals surface area contributed by atoms with Crippen LogP contribution in [0, 0.1) is 27.7 Å². The van der Waals surface area contributed by atoms with Crippen molar-refractivity contribution in [3.05, 3.63) is 52.7 Å². The minimum atomic E-state index is 0.00549. The summed E-state index contributed by atoms with van der Waals surface area (Å²) >= 11 is 0. The highest BCUT2D eigenvalue weighted by Gasteiger charge is 2.29. The highest BCUT2D eigenvalue weighted by Crippen LogP contribution is 2.34. The van der Waals surface area contributed by atoms with E-state index in [-0.39, 0.29) is 6.04 Å². The van der Waals surface area contributed by atoms with Crippen LogP contribution in [0.5, 0.6) is 0 Å². The molecule has 1 atom stereocenters. The van der Waals surface area contributed by atoms with Crippen LogP contribution in [0.3, 0.4) is 0 Å². The van der Waals surface area contributed by atoms with E-state index in [4.69, 9.17) is 14.2 Å². The highest BCUT2D eigenvalue weighted by molar-refractivity contribution is 5.83. The van der Waals surface area contributed by atoms with Crippen molar-refractivity contribution in [3.63, 3.8) is 0 Å². The van der Waals surface area contributed by atoms with Crippen molar-refractivity contribution in [1.29, 1.82) is 0 Å². The average Bonchev–Trinajstić information content (AvgIpc) is 3.75. The summed E-state index contributed by atoms with van der Waals surface area (Å²) in [5.74, 6) is 0. The summed E-state index contributed by atoms with van der Waals surface area (Å²) in [6, 6.07) is 8.80. The van der Waals surface area contributed by atoms with Gasteiger partial charge in [0.25, 0.3) is 0 Å². The maximum atomic E-state index is 5.73. The van der Waals surface area contributed by atoms with E-state index in [1.807, 2.05) is 17.9 Å². The number of ether oxygens (including phenoxy) is 3. The van der Waals surface area contributed by atoms with Crippen LogP contribution in [-0.2, 0) is 21.3 Å². The normalized spacial score (nSPS) is 16.2. The predicted molar refractivity (Wildman–Crippen MR) is 172 cm³/mol. The Morgan fingerprint density at radius 3 is 2.16 bits per heavy atom. The molecule has 0 radical (unpaired) electrons. The summed E-state index contributed by atoms with van der Waals surface area (Å²) in [4.78, 5) is 2.36. The SMILES string of the molecule is CCCOCCOCCOCCC1C=[N+](c2cc(C)c(N3C=[N+](c4c(C)cc(-c5cn(C)nn5)cc4C)CC3)c(C)c2)N=N1. The molecule has 0 amide bonds.